The Balaban J connectivity index is 1.54. The van der Waals surface area contributed by atoms with E-state index >= 15 is 0 Å². The van der Waals surface area contributed by atoms with Crippen molar-refractivity contribution in [2.45, 2.75) is 82.8 Å². The zero-order chi connectivity index (χ0) is 27.3. The minimum Gasteiger partial charge on any atom is -0.487 e. The summed E-state index contributed by atoms with van der Waals surface area (Å²) in [7, 11) is 1.56. The van der Waals surface area contributed by atoms with Crippen molar-refractivity contribution in [2.24, 2.45) is 22.6 Å². The van der Waals surface area contributed by atoms with Gasteiger partial charge in [-0.25, -0.2) is 4.99 Å². The number of hydrogen-bond donors (Lipinski definition) is 2. The average molecular weight is 525 g/mol. The molecule has 2 aliphatic heterocycles. The Bertz CT molecular complexity index is 1100. The molecule has 1 fully saturated rings. The third-order valence-electron chi connectivity index (χ3n) is 7.25. The number of fused-ring (bicyclic) bond motifs is 1. The number of carbonyl (C=O) groups is 2. The van der Waals surface area contributed by atoms with E-state index in [9.17, 15) is 22.8 Å². The summed E-state index contributed by atoms with van der Waals surface area (Å²) in [6, 6.07) is 2.34. The maximum absolute atomic E-state index is 13.4. The van der Waals surface area contributed by atoms with Crippen LogP contribution in [0, 0.1) is 11.8 Å². The third kappa shape index (κ3) is 5.86. The highest BCUT2D eigenvalue weighted by Gasteiger charge is 2.52. The van der Waals surface area contributed by atoms with Crippen LogP contribution in [-0.2, 0) is 20.5 Å². The van der Waals surface area contributed by atoms with E-state index in [1.165, 1.54) is 11.0 Å². The molecule has 1 aliphatic carbocycles. The van der Waals surface area contributed by atoms with Gasteiger partial charge < -0.3 is 20.5 Å². The van der Waals surface area contributed by atoms with E-state index in [0.29, 0.717) is 37.2 Å². The summed E-state index contributed by atoms with van der Waals surface area (Å²) < 4.78 is 51.3. The summed E-state index contributed by atoms with van der Waals surface area (Å²) in [6.07, 6.45) is -2.98. The molecule has 2 heterocycles. The Hall–Kier alpha value is -2.82. The number of nitrogens with two attached hydrogens (primary N) is 1. The number of benzene rings is 1. The highest BCUT2D eigenvalue weighted by atomic mass is 19.4. The number of halogens is 3. The van der Waals surface area contributed by atoms with Gasteiger partial charge in [0.15, 0.2) is 5.96 Å². The number of hydrogen-bond acceptors (Lipinski definition) is 6. The lowest BCUT2D eigenvalue weighted by Crippen LogP contribution is -2.55. The molecule has 0 radical (unpaired) electrons. The molecular formula is C26H35F3N4O4. The second kappa shape index (κ2) is 9.49. The van der Waals surface area contributed by atoms with Crippen LogP contribution in [0.3, 0.4) is 0 Å². The number of alkyl halides is 3. The predicted molar refractivity (Wildman–Crippen MR) is 131 cm³/mol. The van der Waals surface area contributed by atoms with Gasteiger partial charge in [0.1, 0.15) is 11.4 Å². The molecule has 0 aromatic heterocycles. The molecule has 37 heavy (non-hydrogen) atoms. The highest BCUT2D eigenvalue weighted by Crippen LogP contribution is 2.47. The largest absolute Gasteiger partial charge is 0.487 e. The molecule has 3 N–H and O–H groups in total. The van der Waals surface area contributed by atoms with Crippen LogP contribution in [0.2, 0.25) is 0 Å². The minimum atomic E-state index is -4.51. The lowest BCUT2D eigenvalue weighted by atomic mass is 9.88. The summed E-state index contributed by atoms with van der Waals surface area (Å²) in [5, 5.41) is 2.97. The van der Waals surface area contributed by atoms with Gasteiger partial charge in [-0.05, 0) is 64.7 Å². The lowest BCUT2D eigenvalue weighted by Gasteiger charge is -2.39. The number of rotatable bonds is 7. The number of ether oxygens (including phenoxy) is 2. The number of nitrogens with one attached hydrogen (secondary N) is 1. The van der Waals surface area contributed by atoms with Gasteiger partial charge in [0.05, 0.1) is 23.6 Å². The quantitative estimate of drug-likeness (QED) is 0.565. The lowest BCUT2D eigenvalue weighted by molar-refractivity contribution is -0.137. The summed E-state index contributed by atoms with van der Waals surface area (Å²) >= 11 is 0. The monoisotopic (exact) mass is 524 g/mol. The molecule has 4 atom stereocenters. The average Bonchev–Trinajstić information content (AvgIpc) is 3.54. The molecule has 8 nitrogen and oxygen atoms in total. The molecule has 4 rings (SSSR count). The molecule has 1 aromatic carbocycles. The van der Waals surface area contributed by atoms with Crippen LogP contribution in [0.1, 0.15) is 70.5 Å². The van der Waals surface area contributed by atoms with Gasteiger partial charge in [-0.15, -0.1) is 0 Å². The van der Waals surface area contributed by atoms with E-state index in [1.54, 1.807) is 7.11 Å². The molecule has 11 heteroatoms. The number of amides is 2. The smallest absolute Gasteiger partial charge is 0.416 e. The van der Waals surface area contributed by atoms with E-state index in [4.69, 9.17) is 15.2 Å². The van der Waals surface area contributed by atoms with Gasteiger partial charge in [0.2, 0.25) is 11.8 Å². The van der Waals surface area contributed by atoms with Crippen molar-refractivity contribution in [2.75, 3.05) is 13.7 Å². The first-order valence-electron chi connectivity index (χ1n) is 12.5. The van der Waals surface area contributed by atoms with Gasteiger partial charge in [0.25, 0.3) is 0 Å². The van der Waals surface area contributed by atoms with Crippen LogP contribution in [0.15, 0.2) is 23.2 Å². The summed E-state index contributed by atoms with van der Waals surface area (Å²) in [4.78, 5) is 32.3. The normalized spacial score (nSPS) is 27.0. The molecule has 1 aromatic rings. The Morgan fingerprint density at radius 3 is 2.65 bits per heavy atom. The van der Waals surface area contributed by atoms with Crippen LogP contribution in [0.5, 0.6) is 5.75 Å². The van der Waals surface area contributed by atoms with Crippen LogP contribution in [0.25, 0.3) is 0 Å². The maximum Gasteiger partial charge on any atom is 0.416 e. The summed E-state index contributed by atoms with van der Waals surface area (Å²) in [5.74, 6) is -0.526. The second-order valence-corrected chi connectivity index (χ2v) is 11.5. The maximum atomic E-state index is 13.4. The fraction of sp³-hybridized carbons (Fsp3) is 0.654. The number of methoxy groups -OCH3 is 1. The van der Waals surface area contributed by atoms with Crippen molar-refractivity contribution in [1.82, 2.24) is 10.2 Å². The molecule has 0 bridgehead atoms. The molecule has 0 spiro atoms. The number of aliphatic imine (C=N–C) groups is 1. The van der Waals surface area contributed by atoms with Crippen molar-refractivity contribution in [3.63, 3.8) is 0 Å². The highest BCUT2D eigenvalue weighted by molar-refractivity contribution is 5.99. The number of carbonyl (C=O) groups excluding carboxylic acids is 2. The third-order valence-corrected chi connectivity index (χ3v) is 7.25. The van der Waals surface area contributed by atoms with Gasteiger partial charge in [0, 0.05) is 37.7 Å². The Morgan fingerprint density at radius 2 is 2.03 bits per heavy atom. The number of guanidine groups is 1. The SMILES string of the molecule is COCC[C@H]([C@H]1C[C@@H]1C(=O)N[C@H]1CC(C)(C)Oc2ccc(C(F)(F)F)cc21)N1C(=O)CC(C)(C)N=C1N. The fourth-order valence-electron chi connectivity index (χ4n) is 5.49. The molecule has 204 valence electrons. The van der Waals surface area contributed by atoms with Crippen LogP contribution < -0.4 is 15.8 Å². The fourth-order valence-corrected chi connectivity index (χ4v) is 5.49. The molecule has 1 saturated carbocycles. The molecule has 2 amide bonds. The first-order valence-corrected chi connectivity index (χ1v) is 12.5. The first kappa shape index (κ1) is 27.2. The minimum absolute atomic E-state index is 0.133. The van der Waals surface area contributed by atoms with Crippen LogP contribution in [-0.4, -0.2) is 53.6 Å². The Labute approximate surface area is 214 Å². The van der Waals surface area contributed by atoms with Crippen molar-refractivity contribution < 1.29 is 32.2 Å². The van der Waals surface area contributed by atoms with Crippen molar-refractivity contribution >= 4 is 17.8 Å². The van der Waals surface area contributed by atoms with Gasteiger partial charge in [-0.1, -0.05) is 0 Å². The molecular weight excluding hydrogens is 489 g/mol. The zero-order valence-corrected chi connectivity index (χ0v) is 21.8. The van der Waals surface area contributed by atoms with E-state index in [2.05, 4.69) is 10.3 Å². The summed E-state index contributed by atoms with van der Waals surface area (Å²) in [6.45, 7) is 7.71. The van der Waals surface area contributed by atoms with Crippen LogP contribution in [0.4, 0.5) is 13.2 Å². The topological polar surface area (TPSA) is 106 Å². The van der Waals surface area contributed by atoms with Crippen molar-refractivity contribution in [3.05, 3.63) is 29.3 Å². The predicted octanol–water partition coefficient (Wildman–Crippen LogP) is 3.79. The second-order valence-electron chi connectivity index (χ2n) is 11.5. The Kier molecular flexibility index (Phi) is 6.98. The van der Waals surface area contributed by atoms with Crippen molar-refractivity contribution in [3.8, 4) is 5.75 Å². The van der Waals surface area contributed by atoms with Crippen LogP contribution >= 0.6 is 0 Å². The molecule has 3 aliphatic rings. The van der Waals surface area contributed by atoms with Gasteiger partial charge >= 0.3 is 6.18 Å². The Morgan fingerprint density at radius 1 is 1.32 bits per heavy atom. The first-order chi connectivity index (χ1) is 17.1. The summed E-state index contributed by atoms with van der Waals surface area (Å²) in [5.41, 5.74) is 4.44. The van der Waals surface area contributed by atoms with E-state index in [0.717, 1.165) is 12.1 Å². The number of nitrogens with zero attached hydrogens (tertiary/aromatic N) is 2. The van der Waals surface area contributed by atoms with E-state index in [1.807, 2.05) is 27.7 Å². The zero-order valence-electron chi connectivity index (χ0n) is 21.8. The van der Waals surface area contributed by atoms with Crippen molar-refractivity contribution in [1.29, 1.82) is 0 Å². The van der Waals surface area contributed by atoms with Gasteiger partial charge in [-0.3, -0.25) is 14.5 Å². The van der Waals surface area contributed by atoms with Gasteiger partial charge in [-0.2, -0.15) is 13.2 Å². The molecule has 0 saturated heterocycles. The molecule has 0 unspecified atom stereocenters. The van der Waals surface area contributed by atoms with E-state index in [-0.39, 0.29) is 36.2 Å². The van der Waals surface area contributed by atoms with E-state index < -0.39 is 34.8 Å². The standard InChI is InChI=1S/C26H35F3N4O4/c1-24(2)13-21(34)33(23(30)32-24)19(8-9-36-5)15-11-16(15)22(35)31-18-12-25(3,4)37-20-7-6-14(10-17(18)20)26(27,28)29/h6-7,10,15-16,18-19H,8-9,11-13H2,1-5H3,(H2,30,32)(H,31,35)/t15-,16-,18-,19+/m0/s1.